The fraction of sp³-hybridized carbons (Fsp3) is 0.357. The summed E-state index contributed by atoms with van der Waals surface area (Å²) in [6.07, 6.45) is 3.79. The molecule has 0 saturated heterocycles. The fourth-order valence-electron chi connectivity index (χ4n) is 1.92. The third-order valence-electron chi connectivity index (χ3n) is 2.91. The summed E-state index contributed by atoms with van der Waals surface area (Å²) in [7, 11) is 0. The minimum atomic E-state index is -0.0107. The standard InChI is InChI=1S/C14H16N2O2/c1-11(17)6-4-5-9-16-10-15-13-8-3-2-7-12(13)14(16)18/h2-3,7-8,10H,4-6,9H2,1H3. The largest absolute Gasteiger partial charge is 0.300 e. The molecular weight excluding hydrogens is 228 g/mol. The molecule has 0 atom stereocenters. The summed E-state index contributed by atoms with van der Waals surface area (Å²) < 4.78 is 1.61. The van der Waals surface area contributed by atoms with Crippen LogP contribution in [0.3, 0.4) is 0 Å². The van der Waals surface area contributed by atoms with Gasteiger partial charge in [-0.2, -0.15) is 0 Å². The Morgan fingerprint density at radius 3 is 2.83 bits per heavy atom. The molecule has 0 aliphatic rings. The first kappa shape index (κ1) is 12.5. The van der Waals surface area contributed by atoms with Gasteiger partial charge in [0.15, 0.2) is 0 Å². The van der Waals surface area contributed by atoms with Crippen molar-refractivity contribution in [2.45, 2.75) is 32.7 Å². The van der Waals surface area contributed by atoms with E-state index in [1.165, 1.54) is 0 Å². The summed E-state index contributed by atoms with van der Waals surface area (Å²) in [6, 6.07) is 7.32. The Hall–Kier alpha value is -1.97. The number of para-hydroxylation sites is 1. The van der Waals surface area contributed by atoms with Crippen molar-refractivity contribution in [3.05, 3.63) is 40.9 Å². The lowest BCUT2D eigenvalue weighted by atomic mass is 10.2. The van der Waals surface area contributed by atoms with Crippen LogP contribution in [0.5, 0.6) is 0 Å². The second kappa shape index (κ2) is 5.58. The number of hydrogen-bond acceptors (Lipinski definition) is 3. The summed E-state index contributed by atoms with van der Waals surface area (Å²) >= 11 is 0. The quantitative estimate of drug-likeness (QED) is 0.757. The van der Waals surface area contributed by atoms with Crippen LogP contribution in [0.15, 0.2) is 35.4 Å². The Morgan fingerprint density at radius 2 is 2.06 bits per heavy atom. The molecule has 94 valence electrons. The van der Waals surface area contributed by atoms with Crippen molar-refractivity contribution in [2.75, 3.05) is 0 Å². The predicted molar refractivity (Wildman–Crippen MR) is 70.5 cm³/mol. The van der Waals surface area contributed by atoms with Crippen LogP contribution in [0.4, 0.5) is 0 Å². The molecule has 0 N–H and O–H groups in total. The predicted octanol–water partition coefficient (Wildman–Crippen LogP) is 2.16. The highest BCUT2D eigenvalue weighted by Gasteiger charge is 2.03. The van der Waals surface area contributed by atoms with E-state index in [-0.39, 0.29) is 11.3 Å². The third-order valence-corrected chi connectivity index (χ3v) is 2.91. The van der Waals surface area contributed by atoms with Gasteiger partial charge in [0.1, 0.15) is 5.78 Å². The van der Waals surface area contributed by atoms with Gasteiger partial charge in [-0.1, -0.05) is 12.1 Å². The molecule has 1 aromatic heterocycles. The molecule has 0 bridgehead atoms. The van der Waals surface area contributed by atoms with Crippen LogP contribution in [-0.4, -0.2) is 15.3 Å². The molecule has 0 aliphatic carbocycles. The number of nitrogens with zero attached hydrogens (tertiary/aromatic N) is 2. The average molecular weight is 244 g/mol. The van der Waals surface area contributed by atoms with E-state index in [1.807, 2.05) is 18.2 Å². The van der Waals surface area contributed by atoms with E-state index < -0.39 is 0 Å². The Bertz CT molecular complexity index is 616. The van der Waals surface area contributed by atoms with Crippen molar-refractivity contribution in [2.24, 2.45) is 0 Å². The Kier molecular flexibility index (Phi) is 3.87. The van der Waals surface area contributed by atoms with Gasteiger partial charge in [0.2, 0.25) is 0 Å². The zero-order valence-electron chi connectivity index (χ0n) is 10.4. The van der Waals surface area contributed by atoms with Crippen molar-refractivity contribution in [3.8, 4) is 0 Å². The molecule has 1 heterocycles. The first-order valence-electron chi connectivity index (χ1n) is 6.12. The molecule has 18 heavy (non-hydrogen) atoms. The minimum Gasteiger partial charge on any atom is -0.300 e. The van der Waals surface area contributed by atoms with Gasteiger partial charge in [0.05, 0.1) is 17.2 Å². The van der Waals surface area contributed by atoms with Crippen LogP contribution in [0.2, 0.25) is 0 Å². The molecule has 0 radical (unpaired) electrons. The number of aryl methyl sites for hydroxylation is 1. The molecule has 1 aromatic carbocycles. The number of carbonyl (C=O) groups is 1. The zero-order chi connectivity index (χ0) is 13.0. The van der Waals surface area contributed by atoms with E-state index in [2.05, 4.69) is 4.98 Å². The molecule has 2 rings (SSSR count). The van der Waals surface area contributed by atoms with E-state index in [0.29, 0.717) is 18.4 Å². The Morgan fingerprint density at radius 1 is 1.28 bits per heavy atom. The van der Waals surface area contributed by atoms with Gasteiger partial charge in [-0.05, 0) is 31.9 Å². The highest BCUT2D eigenvalue weighted by Crippen LogP contribution is 2.05. The maximum Gasteiger partial charge on any atom is 0.261 e. The van der Waals surface area contributed by atoms with Crippen LogP contribution < -0.4 is 5.56 Å². The lowest BCUT2D eigenvalue weighted by Crippen LogP contribution is -2.20. The molecule has 0 fully saturated rings. The topological polar surface area (TPSA) is 52.0 Å². The number of unbranched alkanes of at least 4 members (excludes halogenated alkanes) is 1. The number of ketones is 1. The molecule has 4 nitrogen and oxygen atoms in total. The monoisotopic (exact) mass is 244 g/mol. The van der Waals surface area contributed by atoms with Gasteiger partial charge in [-0.25, -0.2) is 4.98 Å². The molecule has 0 unspecified atom stereocenters. The number of benzene rings is 1. The van der Waals surface area contributed by atoms with E-state index in [9.17, 15) is 9.59 Å². The van der Waals surface area contributed by atoms with Gasteiger partial charge in [-0.15, -0.1) is 0 Å². The van der Waals surface area contributed by atoms with Crippen molar-refractivity contribution in [3.63, 3.8) is 0 Å². The van der Waals surface area contributed by atoms with E-state index in [1.54, 1.807) is 23.9 Å². The molecule has 4 heteroatoms. The number of rotatable bonds is 5. The van der Waals surface area contributed by atoms with Crippen LogP contribution in [-0.2, 0) is 11.3 Å². The van der Waals surface area contributed by atoms with Crippen molar-refractivity contribution in [1.82, 2.24) is 9.55 Å². The van der Waals surface area contributed by atoms with Crippen LogP contribution in [0, 0.1) is 0 Å². The highest BCUT2D eigenvalue weighted by molar-refractivity contribution is 5.77. The van der Waals surface area contributed by atoms with Crippen molar-refractivity contribution >= 4 is 16.7 Å². The maximum absolute atomic E-state index is 12.1. The first-order chi connectivity index (χ1) is 8.68. The van der Waals surface area contributed by atoms with Gasteiger partial charge in [-0.3, -0.25) is 9.36 Å². The number of carbonyl (C=O) groups excluding carboxylic acids is 1. The summed E-state index contributed by atoms with van der Waals surface area (Å²) in [5, 5.41) is 0.645. The second-order valence-electron chi connectivity index (χ2n) is 4.42. The molecule has 0 amide bonds. The van der Waals surface area contributed by atoms with Crippen molar-refractivity contribution in [1.29, 1.82) is 0 Å². The molecule has 2 aromatic rings. The fourth-order valence-corrected chi connectivity index (χ4v) is 1.92. The smallest absolute Gasteiger partial charge is 0.261 e. The van der Waals surface area contributed by atoms with E-state index >= 15 is 0 Å². The third kappa shape index (κ3) is 2.83. The van der Waals surface area contributed by atoms with E-state index in [4.69, 9.17) is 0 Å². The molecule has 0 aliphatic heterocycles. The molecular formula is C14H16N2O2. The maximum atomic E-state index is 12.1. The van der Waals surface area contributed by atoms with E-state index in [0.717, 1.165) is 18.4 Å². The van der Waals surface area contributed by atoms with Gasteiger partial charge in [0, 0.05) is 13.0 Å². The van der Waals surface area contributed by atoms with Crippen LogP contribution >= 0.6 is 0 Å². The number of Topliss-reactive ketones (excluding diaryl/α,β-unsaturated/α-hetero) is 1. The minimum absolute atomic E-state index is 0.0107. The average Bonchev–Trinajstić information content (AvgIpc) is 2.37. The van der Waals surface area contributed by atoms with Gasteiger partial charge in [0.25, 0.3) is 5.56 Å². The number of fused-ring (bicyclic) bond motifs is 1. The summed E-state index contributed by atoms with van der Waals surface area (Å²) in [5.74, 6) is 0.194. The molecule has 0 saturated carbocycles. The van der Waals surface area contributed by atoms with Crippen molar-refractivity contribution < 1.29 is 4.79 Å². The highest BCUT2D eigenvalue weighted by atomic mass is 16.1. The second-order valence-corrected chi connectivity index (χ2v) is 4.42. The lowest BCUT2D eigenvalue weighted by Gasteiger charge is -2.05. The summed E-state index contributed by atoms with van der Waals surface area (Å²) in [5.41, 5.74) is 0.714. The lowest BCUT2D eigenvalue weighted by molar-refractivity contribution is -0.117. The van der Waals surface area contributed by atoms with Gasteiger partial charge < -0.3 is 4.79 Å². The summed E-state index contributed by atoms with van der Waals surface area (Å²) in [4.78, 5) is 27.2. The zero-order valence-corrected chi connectivity index (χ0v) is 10.4. The summed E-state index contributed by atoms with van der Waals surface area (Å²) in [6.45, 7) is 2.20. The normalized spacial score (nSPS) is 10.7. The first-order valence-corrected chi connectivity index (χ1v) is 6.12. The number of aromatic nitrogens is 2. The number of hydrogen-bond donors (Lipinski definition) is 0. The van der Waals surface area contributed by atoms with Crippen LogP contribution in [0.1, 0.15) is 26.2 Å². The van der Waals surface area contributed by atoms with Crippen LogP contribution in [0.25, 0.3) is 10.9 Å². The molecule has 0 spiro atoms. The SMILES string of the molecule is CC(=O)CCCCn1cnc2ccccc2c1=O. The Balaban J connectivity index is 2.12. The Labute approximate surface area is 105 Å². The van der Waals surface area contributed by atoms with Gasteiger partial charge >= 0.3 is 0 Å².